The lowest BCUT2D eigenvalue weighted by molar-refractivity contribution is 0.339. The minimum atomic E-state index is 0.389. The van der Waals surface area contributed by atoms with Crippen LogP contribution in [-0.2, 0) is 5.75 Å². The second kappa shape index (κ2) is 9.88. The molecule has 6 nitrogen and oxygen atoms in total. The maximum Gasteiger partial charge on any atom is 0.192 e. The number of aromatic nitrogens is 3. The summed E-state index contributed by atoms with van der Waals surface area (Å²) in [4.78, 5) is 0. The number of nitrogens with zero attached hydrogens (tertiary/aromatic N) is 4. The van der Waals surface area contributed by atoms with Gasteiger partial charge >= 0.3 is 0 Å². The standard InChI is InChI=1S/C24H26N4O2S/c1-29-21-12-11-19(14-22(21)30-2)23-26-27-24(28(23)20-9-4-3-5-10-20)31-16-18-8-6-7-17(13-18)15-25/h6-8,11-14,20H,3-5,9-10,16H2,1-2H3. The lowest BCUT2D eigenvalue weighted by Crippen LogP contribution is -2.15. The largest absolute Gasteiger partial charge is 0.493 e. The van der Waals surface area contributed by atoms with Gasteiger partial charge in [0.1, 0.15) is 0 Å². The fourth-order valence-electron chi connectivity index (χ4n) is 4.09. The molecule has 7 heteroatoms. The van der Waals surface area contributed by atoms with Gasteiger partial charge in [-0.1, -0.05) is 43.2 Å². The minimum Gasteiger partial charge on any atom is -0.493 e. The SMILES string of the molecule is COc1ccc(-c2nnc(SCc3cccc(C#N)c3)n2C2CCCCC2)cc1OC. The number of methoxy groups -OCH3 is 2. The van der Waals surface area contributed by atoms with Gasteiger partial charge in [-0.2, -0.15) is 5.26 Å². The third-order valence-corrected chi connectivity index (χ3v) is 6.68. The highest BCUT2D eigenvalue weighted by atomic mass is 32.2. The molecule has 0 radical (unpaired) electrons. The number of rotatable bonds is 7. The van der Waals surface area contributed by atoms with Gasteiger partial charge in [-0.25, -0.2) is 0 Å². The molecular formula is C24H26N4O2S. The molecule has 1 fully saturated rings. The van der Waals surface area contributed by atoms with Crippen LogP contribution in [0.3, 0.4) is 0 Å². The summed E-state index contributed by atoms with van der Waals surface area (Å²) in [5, 5.41) is 19.2. The average Bonchev–Trinajstić information content (AvgIpc) is 3.27. The van der Waals surface area contributed by atoms with E-state index in [1.54, 1.807) is 26.0 Å². The van der Waals surface area contributed by atoms with Crippen molar-refractivity contribution in [3.05, 3.63) is 53.6 Å². The summed E-state index contributed by atoms with van der Waals surface area (Å²) in [7, 11) is 3.28. The molecule has 1 aliphatic rings. The first-order valence-electron chi connectivity index (χ1n) is 10.5. The topological polar surface area (TPSA) is 73.0 Å². The molecule has 1 aliphatic carbocycles. The summed E-state index contributed by atoms with van der Waals surface area (Å²) < 4.78 is 13.2. The predicted octanol–water partition coefficient (Wildman–Crippen LogP) is 5.63. The molecule has 1 heterocycles. The summed E-state index contributed by atoms with van der Waals surface area (Å²) in [6, 6.07) is 16.2. The first-order chi connectivity index (χ1) is 15.2. The number of thioether (sulfide) groups is 1. The van der Waals surface area contributed by atoms with Crippen molar-refractivity contribution in [1.82, 2.24) is 14.8 Å². The minimum absolute atomic E-state index is 0.389. The van der Waals surface area contributed by atoms with Gasteiger partial charge in [0, 0.05) is 17.4 Å². The van der Waals surface area contributed by atoms with Crippen molar-refractivity contribution in [3.63, 3.8) is 0 Å². The Morgan fingerprint density at radius 2 is 1.84 bits per heavy atom. The summed E-state index contributed by atoms with van der Waals surface area (Å²) in [6.07, 6.45) is 6.00. The van der Waals surface area contributed by atoms with Gasteiger partial charge in [0.05, 0.1) is 25.9 Å². The van der Waals surface area contributed by atoms with Crippen LogP contribution in [0.25, 0.3) is 11.4 Å². The van der Waals surface area contributed by atoms with Crippen molar-refractivity contribution in [3.8, 4) is 29.0 Å². The third-order valence-electron chi connectivity index (χ3n) is 5.67. The lowest BCUT2D eigenvalue weighted by atomic mass is 9.95. The van der Waals surface area contributed by atoms with E-state index >= 15 is 0 Å². The van der Waals surface area contributed by atoms with Crippen LogP contribution in [0.5, 0.6) is 11.5 Å². The van der Waals surface area contributed by atoms with Gasteiger partial charge in [0.15, 0.2) is 22.5 Å². The van der Waals surface area contributed by atoms with Gasteiger partial charge in [-0.3, -0.25) is 4.57 Å². The van der Waals surface area contributed by atoms with E-state index in [1.165, 1.54) is 19.3 Å². The summed E-state index contributed by atoms with van der Waals surface area (Å²) >= 11 is 1.67. The van der Waals surface area contributed by atoms with Gasteiger partial charge in [0.25, 0.3) is 0 Å². The molecular weight excluding hydrogens is 408 g/mol. The van der Waals surface area contributed by atoms with Crippen LogP contribution in [0.2, 0.25) is 0 Å². The van der Waals surface area contributed by atoms with Crippen LogP contribution < -0.4 is 9.47 Å². The van der Waals surface area contributed by atoms with Crippen LogP contribution in [0, 0.1) is 11.3 Å². The molecule has 4 rings (SSSR count). The van der Waals surface area contributed by atoms with E-state index in [4.69, 9.17) is 14.7 Å². The first kappa shape index (κ1) is 21.3. The van der Waals surface area contributed by atoms with Crippen LogP contribution in [-0.4, -0.2) is 29.0 Å². The molecule has 0 aliphatic heterocycles. The smallest absolute Gasteiger partial charge is 0.192 e. The number of benzene rings is 2. The monoisotopic (exact) mass is 434 g/mol. The highest BCUT2D eigenvalue weighted by Crippen LogP contribution is 2.38. The van der Waals surface area contributed by atoms with Crippen LogP contribution >= 0.6 is 11.8 Å². The van der Waals surface area contributed by atoms with Crippen LogP contribution in [0.15, 0.2) is 47.6 Å². The molecule has 31 heavy (non-hydrogen) atoms. The fraction of sp³-hybridized carbons (Fsp3) is 0.375. The molecule has 1 saturated carbocycles. The number of ether oxygens (including phenoxy) is 2. The third kappa shape index (κ3) is 4.70. The Balaban J connectivity index is 1.68. The van der Waals surface area contributed by atoms with E-state index in [9.17, 15) is 0 Å². The summed E-state index contributed by atoms with van der Waals surface area (Å²) in [5.74, 6) is 2.98. The molecule has 0 N–H and O–H groups in total. The Morgan fingerprint density at radius 3 is 2.58 bits per heavy atom. The van der Waals surface area contributed by atoms with Crippen molar-refractivity contribution >= 4 is 11.8 Å². The summed E-state index contributed by atoms with van der Waals surface area (Å²) in [5.41, 5.74) is 2.75. The normalized spacial score (nSPS) is 14.2. The molecule has 0 unspecified atom stereocenters. The van der Waals surface area contributed by atoms with Crippen molar-refractivity contribution in [2.75, 3.05) is 14.2 Å². The number of hydrogen-bond acceptors (Lipinski definition) is 6. The van der Waals surface area contributed by atoms with E-state index in [1.807, 2.05) is 42.5 Å². The molecule has 0 saturated heterocycles. The van der Waals surface area contributed by atoms with Gasteiger partial charge in [-0.05, 0) is 48.7 Å². The Bertz CT molecular complexity index is 1080. The second-order valence-corrected chi connectivity index (χ2v) is 8.58. The van der Waals surface area contributed by atoms with E-state index in [0.717, 1.165) is 40.7 Å². The molecule has 2 aromatic carbocycles. The van der Waals surface area contributed by atoms with Crippen molar-refractivity contribution in [1.29, 1.82) is 5.26 Å². The van der Waals surface area contributed by atoms with E-state index in [0.29, 0.717) is 23.1 Å². The van der Waals surface area contributed by atoms with Gasteiger partial charge in [-0.15, -0.1) is 10.2 Å². The molecule has 0 atom stereocenters. The quantitative estimate of drug-likeness (QED) is 0.449. The van der Waals surface area contributed by atoms with E-state index < -0.39 is 0 Å². The van der Waals surface area contributed by atoms with Crippen molar-refractivity contribution < 1.29 is 9.47 Å². The zero-order valence-electron chi connectivity index (χ0n) is 17.9. The van der Waals surface area contributed by atoms with Crippen molar-refractivity contribution in [2.24, 2.45) is 0 Å². The molecule has 1 aromatic heterocycles. The first-order valence-corrected chi connectivity index (χ1v) is 11.5. The van der Waals surface area contributed by atoms with Crippen LogP contribution in [0.4, 0.5) is 0 Å². The lowest BCUT2D eigenvalue weighted by Gasteiger charge is -2.25. The average molecular weight is 435 g/mol. The Morgan fingerprint density at radius 1 is 1.03 bits per heavy atom. The zero-order chi connectivity index (χ0) is 21.6. The molecule has 3 aromatic rings. The predicted molar refractivity (Wildman–Crippen MR) is 121 cm³/mol. The zero-order valence-corrected chi connectivity index (χ0v) is 18.7. The highest BCUT2D eigenvalue weighted by Gasteiger charge is 2.24. The molecule has 0 amide bonds. The number of nitriles is 1. The molecule has 0 spiro atoms. The Kier molecular flexibility index (Phi) is 6.78. The van der Waals surface area contributed by atoms with Crippen LogP contribution in [0.1, 0.15) is 49.3 Å². The summed E-state index contributed by atoms with van der Waals surface area (Å²) in [6.45, 7) is 0. The number of hydrogen-bond donors (Lipinski definition) is 0. The molecule has 0 bridgehead atoms. The van der Waals surface area contributed by atoms with E-state index in [2.05, 4.69) is 20.8 Å². The van der Waals surface area contributed by atoms with Gasteiger partial charge < -0.3 is 9.47 Å². The fourth-order valence-corrected chi connectivity index (χ4v) is 5.04. The Labute approximate surface area is 187 Å². The maximum atomic E-state index is 9.17. The van der Waals surface area contributed by atoms with Crippen molar-refractivity contribution in [2.45, 2.75) is 49.1 Å². The maximum absolute atomic E-state index is 9.17. The highest BCUT2D eigenvalue weighted by molar-refractivity contribution is 7.98. The Hall–Kier alpha value is -2.98. The van der Waals surface area contributed by atoms with E-state index in [-0.39, 0.29) is 0 Å². The van der Waals surface area contributed by atoms with Gasteiger partial charge in [0.2, 0.25) is 0 Å². The molecule has 160 valence electrons. The second-order valence-electron chi connectivity index (χ2n) is 7.64.